The standard InChI is InChI=1S/C12H16N4O2/c1-8-14-10(9-3-2-4-13-9)7-11(15-8)16-5-6-18-12(16)17/h7,9,13H,2-6H2,1H3/t9-/m1/s1. The van der Waals surface area contributed by atoms with Crippen LogP contribution in [0, 0.1) is 6.92 Å². The topological polar surface area (TPSA) is 67.3 Å². The van der Waals surface area contributed by atoms with Crippen LogP contribution in [0.2, 0.25) is 0 Å². The number of rotatable bonds is 2. The largest absolute Gasteiger partial charge is 0.447 e. The zero-order valence-corrected chi connectivity index (χ0v) is 10.3. The van der Waals surface area contributed by atoms with Gasteiger partial charge in [0.05, 0.1) is 12.2 Å². The minimum absolute atomic E-state index is 0.282. The molecule has 18 heavy (non-hydrogen) atoms. The van der Waals surface area contributed by atoms with E-state index in [2.05, 4.69) is 15.3 Å². The summed E-state index contributed by atoms with van der Waals surface area (Å²) in [6, 6.07) is 2.17. The minimum atomic E-state index is -0.321. The summed E-state index contributed by atoms with van der Waals surface area (Å²) in [6.07, 6.45) is 1.92. The van der Waals surface area contributed by atoms with Crippen molar-refractivity contribution >= 4 is 11.9 Å². The molecule has 2 saturated heterocycles. The Labute approximate surface area is 105 Å². The van der Waals surface area contributed by atoms with Gasteiger partial charge >= 0.3 is 6.09 Å². The van der Waals surface area contributed by atoms with E-state index in [1.165, 1.54) is 0 Å². The molecular weight excluding hydrogens is 232 g/mol. The Bertz CT molecular complexity index is 471. The lowest BCUT2D eigenvalue weighted by Crippen LogP contribution is -2.26. The van der Waals surface area contributed by atoms with Gasteiger partial charge in [-0.05, 0) is 26.3 Å². The summed E-state index contributed by atoms with van der Waals surface area (Å²) in [5.74, 6) is 1.34. The van der Waals surface area contributed by atoms with Crippen molar-refractivity contribution in [2.45, 2.75) is 25.8 Å². The number of nitrogens with zero attached hydrogens (tertiary/aromatic N) is 3. The molecule has 2 aliphatic heterocycles. The molecular formula is C12H16N4O2. The molecule has 0 saturated carbocycles. The molecule has 0 aliphatic carbocycles. The van der Waals surface area contributed by atoms with Crippen molar-refractivity contribution in [3.63, 3.8) is 0 Å². The third-order valence-corrected chi connectivity index (χ3v) is 3.30. The van der Waals surface area contributed by atoms with Gasteiger partial charge in [0.25, 0.3) is 0 Å². The van der Waals surface area contributed by atoms with Crippen LogP contribution in [0.1, 0.15) is 30.4 Å². The van der Waals surface area contributed by atoms with Crippen molar-refractivity contribution in [3.8, 4) is 0 Å². The molecule has 6 nitrogen and oxygen atoms in total. The lowest BCUT2D eigenvalue weighted by Gasteiger charge is -2.16. The molecule has 0 spiro atoms. The van der Waals surface area contributed by atoms with Crippen LogP contribution in [0.4, 0.5) is 10.6 Å². The summed E-state index contributed by atoms with van der Waals surface area (Å²) in [6.45, 7) is 3.86. The number of hydrogen-bond acceptors (Lipinski definition) is 5. The molecule has 1 aromatic heterocycles. The van der Waals surface area contributed by atoms with Gasteiger partial charge in [0.2, 0.25) is 0 Å². The molecule has 1 amide bonds. The van der Waals surface area contributed by atoms with Crippen molar-refractivity contribution in [2.75, 3.05) is 24.6 Å². The van der Waals surface area contributed by atoms with E-state index in [1.54, 1.807) is 4.90 Å². The number of aromatic nitrogens is 2. The first-order chi connectivity index (χ1) is 8.74. The van der Waals surface area contributed by atoms with E-state index in [1.807, 2.05) is 13.0 Å². The quantitative estimate of drug-likeness (QED) is 0.850. The second kappa shape index (κ2) is 4.53. The summed E-state index contributed by atoms with van der Waals surface area (Å²) in [5.41, 5.74) is 0.967. The SMILES string of the molecule is Cc1nc([C@H]2CCCN2)cc(N2CCOC2=O)n1. The van der Waals surface area contributed by atoms with Gasteiger partial charge in [-0.2, -0.15) is 0 Å². The van der Waals surface area contributed by atoms with Crippen LogP contribution in [0.3, 0.4) is 0 Å². The van der Waals surface area contributed by atoms with Crippen LogP contribution >= 0.6 is 0 Å². The van der Waals surface area contributed by atoms with Gasteiger partial charge in [0, 0.05) is 12.1 Å². The summed E-state index contributed by atoms with van der Waals surface area (Å²) < 4.78 is 4.94. The van der Waals surface area contributed by atoms with Crippen molar-refractivity contribution in [2.24, 2.45) is 0 Å². The first kappa shape index (κ1) is 11.4. The number of amides is 1. The summed E-state index contributed by atoms with van der Waals surface area (Å²) >= 11 is 0. The fourth-order valence-corrected chi connectivity index (χ4v) is 2.43. The van der Waals surface area contributed by atoms with E-state index >= 15 is 0 Å². The lowest BCUT2D eigenvalue weighted by atomic mass is 10.1. The molecule has 6 heteroatoms. The third-order valence-electron chi connectivity index (χ3n) is 3.30. The maximum atomic E-state index is 11.5. The maximum absolute atomic E-state index is 11.5. The van der Waals surface area contributed by atoms with Crippen LogP contribution in [-0.2, 0) is 4.74 Å². The van der Waals surface area contributed by atoms with Crippen molar-refractivity contribution in [3.05, 3.63) is 17.6 Å². The molecule has 1 atom stereocenters. The number of cyclic esters (lactones) is 1. The molecule has 1 N–H and O–H groups in total. The molecule has 0 unspecified atom stereocenters. The number of nitrogens with one attached hydrogen (secondary N) is 1. The summed E-state index contributed by atoms with van der Waals surface area (Å²) in [7, 11) is 0. The molecule has 0 bridgehead atoms. The Balaban J connectivity index is 1.92. The van der Waals surface area contributed by atoms with Gasteiger partial charge in [-0.25, -0.2) is 14.8 Å². The molecule has 3 rings (SSSR count). The van der Waals surface area contributed by atoms with Gasteiger partial charge < -0.3 is 10.1 Å². The monoisotopic (exact) mass is 248 g/mol. The van der Waals surface area contributed by atoms with E-state index in [4.69, 9.17) is 4.74 Å². The Morgan fingerprint density at radius 2 is 2.39 bits per heavy atom. The zero-order chi connectivity index (χ0) is 12.5. The molecule has 96 valence electrons. The van der Waals surface area contributed by atoms with Gasteiger partial charge in [-0.15, -0.1) is 0 Å². The number of ether oxygens (including phenoxy) is 1. The molecule has 2 fully saturated rings. The fraction of sp³-hybridized carbons (Fsp3) is 0.583. The average molecular weight is 248 g/mol. The zero-order valence-electron chi connectivity index (χ0n) is 10.3. The first-order valence-electron chi connectivity index (χ1n) is 6.27. The third kappa shape index (κ3) is 2.03. The fourth-order valence-electron chi connectivity index (χ4n) is 2.43. The number of hydrogen-bond donors (Lipinski definition) is 1. The van der Waals surface area contributed by atoms with E-state index < -0.39 is 0 Å². The van der Waals surface area contributed by atoms with E-state index in [9.17, 15) is 4.79 Å². The summed E-state index contributed by atoms with van der Waals surface area (Å²) in [5, 5.41) is 3.40. The van der Waals surface area contributed by atoms with Gasteiger partial charge in [-0.1, -0.05) is 0 Å². The van der Waals surface area contributed by atoms with Crippen LogP contribution in [0.25, 0.3) is 0 Å². The van der Waals surface area contributed by atoms with Crippen LogP contribution in [0.5, 0.6) is 0 Å². The van der Waals surface area contributed by atoms with Gasteiger partial charge in [0.1, 0.15) is 18.2 Å². The predicted octanol–water partition coefficient (Wildman–Crippen LogP) is 1.17. The van der Waals surface area contributed by atoms with E-state index in [-0.39, 0.29) is 12.1 Å². The highest BCUT2D eigenvalue weighted by atomic mass is 16.6. The number of carbonyl (C=O) groups excluding carboxylic acids is 1. The summed E-state index contributed by atoms with van der Waals surface area (Å²) in [4.78, 5) is 21.9. The molecule has 0 aromatic carbocycles. The Kier molecular flexibility index (Phi) is 2.87. The van der Waals surface area contributed by atoms with Crippen molar-refractivity contribution in [1.29, 1.82) is 0 Å². The molecule has 3 heterocycles. The molecule has 0 radical (unpaired) electrons. The van der Waals surface area contributed by atoms with E-state index in [0.29, 0.717) is 24.8 Å². The minimum Gasteiger partial charge on any atom is -0.447 e. The van der Waals surface area contributed by atoms with Crippen LogP contribution in [0.15, 0.2) is 6.07 Å². The highest BCUT2D eigenvalue weighted by molar-refractivity contribution is 5.88. The van der Waals surface area contributed by atoms with Crippen LogP contribution < -0.4 is 10.2 Å². The van der Waals surface area contributed by atoms with Crippen molar-refractivity contribution < 1.29 is 9.53 Å². The predicted molar refractivity (Wildman–Crippen MR) is 65.4 cm³/mol. The number of carbonyl (C=O) groups is 1. The molecule has 1 aromatic rings. The maximum Gasteiger partial charge on any atom is 0.415 e. The Morgan fingerprint density at radius 3 is 3.06 bits per heavy atom. The normalized spacial score (nSPS) is 23.5. The second-order valence-electron chi connectivity index (χ2n) is 4.61. The Hall–Kier alpha value is -1.69. The highest BCUT2D eigenvalue weighted by Crippen LogP contribution is 2.25. The molecule has 2 aliphatic rings. The highest BCUT2D eigenvalue weighted by Gasteiger charge is 2.27. The van der Waals surface area contributed by atoms with Gasteiger partial charge in [-0.3, -0.25) is 4.90 Å². The number of aryl methyl sites for hydroxylation is 1. The second-order valence-corrected chi connectivity index (χ2v) is 4.61. The Morgan fingerprint density at radius 1 is 1.50 bits per heavy atom. The number of anilines is 1. The van der Waals surface area contributed by atoms with E-state index in [0.717, 1.165) is 25.1 Å². The lowest BCUT2D eigenvalue weighted by molar-refractivity contribution is 0.181. The first-order valence-corrected chi connectivity index (χ1v) is 6.27. The van der Waals surface area contributed by atoms with Gasteiger partial charge in [0.15, 0.2) is 0 Å². The smallest absolute Gasteiger partial charge is 0.415 e. The van der Waals surface area contributed by atoms with Crippen LogP contribution in [-0.4, -0.2) is 35.8 Å². The average Bonchev–Trinajstić information content (AvgIpc) is 2.98. The van der Waals surface area contributed by atoms with Crippen molar-refractivity contribution in [1.82, 2.24) is 15.3 Å².